The Labute approximate surface area is 139 Å². The van der Waals surface area contributed by atoms with Crippen LogP contribution in [0.1, 0.15) is 11.3 Å². The molecule has 2 aromatic carbocycles. The SMILES string of the molecule is Cc1ccc2cccc(OCC(=O)Nc3cc(F)ccc3C)c2n1. The van der Waals surface area contributed by atoms with Gasteiger partial charge in [0.1, 0.15) is 17.1 Å². The van der Waals surface area contributed by atoms with Crippen molar-refractivity contribution in [3.05, 3.63) is 65.6 Å². The van der Waals surface area contributed by atoms with E-state index >= 15 is 0 Å². The number of ether oxygens (including phenoxy) is 1. The summed E-state index contributed by atoms with van der Waals surface area (Å²) in [5.41, 5.74) is 2.81. The summed E-state index contributed by atoms with van der Waals surface area (Å²) in [6.45, 7) is 3.52. The number of aryl methyl sites for hydroxylation is 2. The average molecular weight is 324 g/mol. The Balaban J connectivity index is 1.73. The molecule has 4 nitrogen and oxygen atoms in total. The van der Waals surface area contributed by atoms with Crippen molar-refractivity contribution in [1.29, 1.82) is 0 Å². The average Bonchev–Trinajstić information content (AvgIpc) is 2.56. The molecule has 0 saturated carbocycles. The molecule has 1 aromatic heterocycles. The van der Waals surface area contributed by atoms with Gasteiger partial charge in [-0.1, -0.05) is 24.3 Å². The van der Waals surface area contributed by atoms with E-state index in [9.17, 15) is 9.18 Å². The van der Waals surface area contributed by atoms with E-state index < -0.39 is 5.82 Å². The third-order valence-corrected chi connectivity index (χ3v) is 3.65. The number of anilines is 1. The first kappa shape index (κ1) is 15.9. The maximum absolute atomic E-state index is 13.3. The molecule has 5 heteroatoms. The van der Waals surface area contributed by atoms with E-state index in [0.717, 1.165) is 16.6 Å². The summed E-state index contributed by atoms with van der Waals surface area (Å²) in [5.74, 6) is -0.207. The molecule has 1 N–H and O–H groups in total. The number of amides is 1. The predicted molar refractivity (Wildman–Crippen MR) is 91.7 cm³/mol. The lowest BCUT2D eigenvalue weighted by atomic mass is 10.2. The minimum absolute atomic E-state index is 0.176. The van der Waals surface area contributed by atoms with Gasteiger partial charge in [-0.25, -0.2) is 9.37 Å². The van der Waals surface area contributed by atoms with Gasteiger partial charge in [0.25, 0.3) is 5.91 Å². The highest BCUT2D eigenvalue weighted by Gasteiger charge is 2.09. The second kappa shape index (κ2) is 6.66. The van der Waals surface area contributed by atoms with Gasteiger partial charge in [-0.15, -0.1) is 0 Å². The van der Waals surface area contributed by atoms with Crippen LogP contribution in [0.15, 0.2) is 48.5 Å². The van der Waals surface area contributed by atoms with E-state index in [0.29, 0.717) is 17.0 Å². The molecular weight excluding hydrogens is 307 g/mol. The van der Waals surface area contributed by atoms with Gasteiger partial charge in [-0.2, -0.15) is 0 Å². The fourth-order valence-electron chi connectivity index (χ4n) is 2.39. The Morgan fingerprint density at radius 3 is 2.83 bits per heavy atom. The first-order valence-electron chi connectivity index (χ1n) is 7.58. The number of fused-ring (bicyclic) bond motifs is 1. The molecule has 0 aliphatic heterocycles. The Hall–Kier alpha value is -2.95. The van der Waals surface area contributed by atoms with Crippen LogP contribution >= 0.6 is 0 Å². The first-order chi connectivity index (χ1) is 11.5. The van der Waals surface area contributed by atoms with Gasteiger partial charge in [-0.05, 0) is 43.7 Å². The van der Waals surface area contributed by atoms with Crippen molar-refractivity contribution in [2.45, 2.75) is 13.8 Å². The second-order valence-corrected chi connectivity index (χ2v) is 5.58. The molecule has 0 atom stereocenters. The van der Waals surface area contributed by atoms with Gasteiger partial charge in [0.15, 0.2) is 6.61 Å². The number of para-hydroxylation sites is 1. The first-order valence-corrected chi connectivity index (χ1v) is 7.58. The van der Waals surface area contributed by atoms with E-state index in [2.05, 4.69) is 10.3 Å². The zero-order valence-corrected chi connectivity index (χ0v) is 13.5. The van der Waals surface area contributed by atoms with Crippen LogP contribution in [-0.2, 0) is 4.79 Å². The highest BCUT2D eigenvalue weighted by Crippen LogP contribution is 2.24. The molecule has 24 heavy (non-hydrogen) atoms. The zero-order chi connectivity index (χ0) is 17.1. The van der Waals surface area contributed by atoms with Crippen LogP contribution in [0.4, 0.5) is 10.1 Å². The summed E-state index contributed by atoms with van der Waals surface area (Å²) in [6, 6.07) is 13.7. The molecule has 3 aromatic rings. The van der Waals surface area contributed by atoms with Crippen LogP contribution in [0.2, 0.25) is 0 Å². The summed E-state index contributed by atoms with van der Waals surface area (Å²) in [6.07, 6.45) is 0. The summed E-state index contributed by atoms with van der Waals surface area (Å²) in [7, 11) is 0. The topological polar surface area (TPSA) is 51.2 Å². The lowest BCUT2D eigenvalue weighted by Crippen LogP contribution is -2.20. The molecule has 0 aliphatic rings. The van der Waals surface area contributed by atoms with Gasteiger partial charge in [0.2, 0.25) is 0 Å². The molecule has 0 radical (unpaired) electrons. The summed E-state index contributed by atoms with van der Waals surface area (Å²) in [4.78, 5) is 16.5. The fraction of sp³-hybridized carbons (Fsp3) is 0.158. The Morgan fingerprint density at radius 2 is 2.00 bits per heavy atom. The minimum Gasteiger partial charge on any atom is -0.481 e. The Bertz CT molecular complexity index is 909. The van der Waals surface area contributed by atoms with Crippen molar-refractivity contribution >= 4 is 22.5 Å². The van der Waals surface area contributed by atoms with E-state index in [4.69, 9.17) is 4.74 Å². The standard InChI is InChI=1S/C19H17FN2O2/c1-12-6-9-15(20)10-16(12)22-18(23)11-24-17-5-3-4-14-8-7-13(2)21-19(14)17/h3-10H,11H2,1-2H3,(H,22,23). The third kappa shape index (κ3) is 3.51. The maximum atomic E-state index is 13.3. The monoisotopic (exact) mass is 324 g/mol. The molecule has 0 bridgehead atoms. The quantitative estimate of drug-likeness (QED) is 0.789. The van der Waals surface area contributed by atoms with Gasteiger partial charge in [-0.3, -0.25) is 4.79 Å². The van der Waals surface area contributed by atoms with Crippen molar-refractivity contribution in [1.82, 2.24) is 4.98 Å². The smallest absolute Gasteiger partial charge is 0.262 e. The van der Waals surface area contributed by atoms with Crippen molar-refractivity contribution in [2.75, 3.05) is 11.9 Å². The van der Waals surface area contributed by atoms with Crippen molar-refractivity contribution in [3.63, 3.8) is 0 Å². The lowest BCUT2D eigenvalue weighted by Gasteiger charge is -2.11. The summed E-state index contributed by atoms with van der Waals surface area (Å²) < 4.78 is 18.9. The lowest BCUT2D eigenvalue weighted by molar-refractivity contribution is -0.118. The Kier molecular flexibility index (Phi) is 4.42. The highest BCUT2D eigenvalue weighted by molar-refractivity contribution is 5.93. The normalized spacial score (nSPS) is 10.6. The zero-order valence-electron chi connectivity index (χ0n) is 13.5. The molecule has 0 aliphatic carbocycles. The number of hydrogen-bond acceptors (Lipinski definition) is 3. The number of pyridine rings is 1. The van der Waals surface area contributed by atoms with Crippen LogP contribution in [0.5, 0.6) is 5.75 Å². The largest absolute Gasteiger partial charge is 0.481 e. The number of carbonyl (C=O) groups excluding carboxylic acids is 1. The number of carbonyl (C=O) groups is 1. The van der Waals surface area contributed by atoms with Crippen LogP contribution in [0.3, 0.4) is 0 Å². The summed E-state index contributed by atoms with van der Waals surface area (Å²) in [5, 5.41) is 3.60. The summed E-state index contributed by atoms with van der Waals surface area (Å²) >= 11 is 0. The second-order valence-electron chi connectivity index (χ2n) is 5.58. The number of nitrogens with zero attached hydrogens (tertiary/aromatic N) is 1. The predicted octanol–water partition coefficient (Wildman–Crippen LogP) is 4.01. The van der Waals surface area contributed by atoms with Crippen LogP contribution in [0, 0.1) is 19.7 Å². The number of halogens is 1. The molecule has 0 unspecified atom stereocenters. The van der Waals surface area contributed by atoms with E-state index in [1.54, 1.807) is 19.1 Å². The third-order valence-electron chi connectivity index (χ3n) is 3.65. The van der Waals surface area contributed by atoms with Gasteiger partial charge < -0.3 is 10.1 Å². The number of aromatic nitrogens is 1. The van der Waals surface area contributed by atoms with Gasteiger partial charge in [0, 0.05) is 16.8 Å². The number of hydrogen-bond donors (Lipinski definition) is 1. The molecule has 1 heterocycles. The van der Waals surface area contributed by atoms with Crippen LogP contribution in [0.25, 0.3) is 10.9 Å². The van der Waals surface area contributed by atoms with Gasteiger partial charge >= 0.3 is 0 Å². The molecule has 122 valence electrons. The number of nitrogens with one attached hydrogen (secondary N) is 1. The van der Waals surface area contributed by atoms with Crippen LogP contribution < -0.4 is 10.1 Å². The Morgan fingerprint density at radius 1 is 1.17 bits per heavy atom. The van der Waals surface area contributed by atoms with E-state index in [-0.39, 0.29) is 12.5 Å². The van der Waals surface area contributed by atoms with Crippen LogP contribution in [-0.4, -0.2) is 17.5 Å². The van der Waals surface area contributed by atoms with Crippen molar-refractivity contribution < 1.29 is 13.9 Å². The molecule has 1 amide bonds. The minimum atomic E-state index is -0.398. The number of benzene rings is 2. The van der Waals surface area contributed by atoms with Gasteiger partial charge in [0.05, 0.1) is 0 Å². The highest BCUT2D eigenvalue weighted by atomic mass is 19.1. The van der Waals surface area contributed by atoms with Crippen molar-refractivity contribution in [3.8, 4) is 5.75 Å². The molecule has 3 rings (SSSR count). The maximum Gasteiger partial charge on any atom is 0.262 e. The van der Waals surface area contributed by atoms with E-state index in [1.807, 2.05) is 31.2 Å². The molecule has 0 spiro atoms. The van der Waals surface area contributed by atoms with Crippen molar-refractivity contribution in [2.24, 2.45) is 0 Å². The van der Waals surface area contributed by atoms with E-state index in [1.165, 1.54) is 12.1 Å². The number of rotatable bonds is 4. The molecule has 0 saturated heterocycles. The molecular formula is C19H17FN2O2. The molecule has 0 fully saturated rings. The fourth-order valence-corrected chi connectivity index (χ4v) is 2.39.